The Morgan fingerprint density at radius 3 is 2.29 bits per heavy atom. The number of hydrogen-bond acceptors (Lipinski definition) is 4. The number of aryl methyl sites for hydroxylation is 2. The van der Waals surface area contributed by atoms with Gasteiger partial charge in [-0.1, -0.05) is 36.4 Å². The minimum Gasteiger partial charge on any atom is -0.368 e. The number of carbonyl (C=O) groups excluding carboxylic acids is 2. The fourth-order valence-electron chi connectivity index (χ4n) is 3.74. The summed E-state index contributed by atoms with van der Waals surface area (Å²) in [6, 6.07) is 13.7. The van der Waals surface area contributed by atoms with Gasteiger partial charge in [-0.15, -0.1) is 0 Å². The van der Waals surface area contributed by atoms with Gasteiger partial charge in [-0.3, -0.25) is 9.59 Å². The van der Waals surface area contributed by atoms with Crippen LogP contribution >= 0.6 is 0 Å². The zero-order chi connectivity index (χ0) is 22.6. The van der Waals surface area contributed by atoms with Gasteiger partial charge in [0.05, 0.1) is 4.90 Å². The number of piperidine rings is 1. The molecule has 166 valence electrons. The molecule has 0 aromatic heterocycles. The van der Waals surface area contributed by atoms with Crippen molar-refractivity contribution in [3.05, 3.63) is 65.2 Å². The van der Waals surface area contributed by atoms with E-state index < -0.39 is 22.0 Å². The third-order valence-electron chi connectivity index (χ3n) is 5.88. The number of benzene rings is 2. The van der Waals surface area contributed by atoms with Crippen LogP contribution in [0.25, 0.3) is 0 Å². The van der Waals surface area contributed by atoms with Gasteiger partial charge in [-0.2, -0.15) is 4.31 Å². The quantitative estimate of drug-likeness (QED) is 0.681. The fourth-order valence-corrected chi connectivity index (χ4v) is 5.30. The first-order valence-electron chi connectivity index (χ1n) is 10.4. The molecule has 1 atom stereocenters. The predicted molar refractivity (Wildman–Crippen MR) is 119 cm³/mol. The van der Waals surface area contributed by atoms with Crippen LogP contribution in [-0.2, 0) is 26.0 Å². The standard InChI is InChI=1S/C23H29N3O4S/c1-16-8-9-20(14-17(16)2)31(29,30)26-12-10-19(11-13-26)23(28)25-21(22(24)27)15-18-6-4-3-5-7-18/h3-9,14,19,21H,10-13,15H2,1-2H3,(H2,24,27)(H,25,28). The van der Waals surface area contributed by atoms with Crippen LogP contribution in [0, 0.1) is 19.8 Å². The van der Waals surface area contributed by atoms with Crippen molar-refractivity contribution in [1.29, 1.82) is 0 Å². The van der Waals surface area contributed by atoms with Crippen molar-refractivity contribution in [3.8, 4) is 0 Å². The second-order valence-electron chi connectivity index (χ2n) is 8.08. The second kappa shape index (κ2) is 9.62. The van der Waals surface area contributed by atoms with Crippen molar-refractivity contribution in [2.24, 2.45) is 11.7 Å². The van der Waals surface area contributed by atoms with Crippen LogP contribution in [0.5, 0.6) is 0 Å². The lowest BCUT2D eigenvalue weighted by Crippen LogP contribution is -2.50. The number of nitrogens with one attached hydrogen (secondary N) is 1. The van der Waals surface area contributed by atoms with Gasteiger partial charge in [0.2, 0.25) is 21.8 Å². The summed E-state index contributed by atoms with van der Waals surface area (Å²) < 4.78 is 27.4. The van der Waals surface area contributed by atoms with E-state index in [0.717, 1.165) is 16.7 Å². The normalized spacial score (nSPS) is 16.6. The summed E-state index contributed by atoms with van der Waals surface area (Å²) in [7, 11) is -3.60. The van der Waals surface area contributed by atoms with Crippen LogP contribution in [0.4, 0.5) is 0 Å². The summed E-state index contributed by atoms with van der Waals surface area (Å²) in [5.41, 5.74) is 8.35. The van der Waals surface area contributed by atoms with E-state index in [0.29, 0.717) is 19.3 Å². The molecule has 2 amide bonds. The minimum absolute atomic E-state index is 0.257. The minimum atomic E-state index is -3.60. The second-order valence-corrected chi connectivity index (χ2v) is 10.0. The maximum absolute atomic E-state index is 13.0. The van der Waals surface area contributed by atoms with Crippen molar-refractivity contribution < 1.29 is 18.0 Å². The molecule has 31 heavy (non-hydrogen) atoms. The van der Waals surface area contributed by atoms with E-state index in [1.54, 1.807) is 18.2 Å². The number of amides is 2. The van der Waals surface area contributed by atoms with Gasteiger partial charge in [0.15, 0.2) is 0 Å². The SMILES string of the molecule is Cc1ccc(S(=O)(=O)N2CCC(C(=O)NC(Cc3ccccc3)C(N)=O)CC2)cc1C. The summed E-state index contributed by atoms with van der Waals surface area (Å²) in [5.74, 6) is -1.21. The number of rotatable bonds is 7. The molecule has 8 heteroatoms. The Balaban J connectivity index is 1.61. The molecule has 0 saturated carbocycles. The van der Waals surface area contributed by atoms with Gasteiger partial charge in [0.1, 0.15) is 6.04 Å². The van der Waals surface area contributed by atoms with Gasteiger partial charge in [0, 0.05) is 25.4 Å². The molecular weight excluding hydrogens is 414 g/mol. The van der Waals surface area contributed by atoms with Crippen LogP contribution < -0.4 is 11.1 Å². The third kappa shape index (κ3) is 5.51. The van der Waals surface area contributed by atoms with Crippen LogP contribution in [-0.4, -0.2) is 43.7 Å². The highest BCUT2D eigenvalue weighted by Crippen LogP contribution is 2.25. The summed E-state index contributed by atoms with van der Waals surface area (Å²) in [4.78, 5) is 24.8. The highest BCUT2D eigenvalue weighted by atomic mass is 32.2. The Labute approximate surface area is 183 Å². The van der Waals surface area contributed by atoms with Gasteiger partial charge < -0.3 is 11.1 Å². The highest BCUT2D eigenvalue weighted by molar-refractivity contribution is 7.89. The van der Waals surface area contributed by atoms with E-state index in [4.69, 9.17) is 5.73 Å². The van der Waals surface area contributed by atoms with E-state index >= 15 is 0 Å². The third-order valence-corrected chi connectivity index (χ3v) is 7.78. The first-order valence-corrected chi connectivity index (χ1v) is 11.8. The van der Waals surface area contributed by atoms with Crippen molar-refractivity contribution in [2.75, 3.05) is 13.1 Å². The molecule has 0 bridgehead atoms. The Morgan fingerprint density at radius 1 is 1.06 bits per heavy atom. The maximum Gasteiger partial charge on any atom is 0.243 e. The monoisotopic (exact) mass is 443 g/mol. The Bertz CT molecular complexity index is 1050. The maximum atomic E-state index is 13.0. The molecule has 1 saturated heterocycles. The van der Waals surface area contributed by atoms with E-state index in [2.05, 4.69) is 5.32 Å². The van der Waals surface area contributed by atoms with E-state index in [-0.39, 0.29) is 29.8 Å². The highest BCUT2D eigenvalue weighted by Gasteiger charge is 2.33. The zero-order valence-corrected chi connectivity index (χ0v) is 18.7. The molecular formula is C23H29N3O4S. The predicted octanol–water partition coefficient (Wildman–Crippen LogP) is 1.92. The average Bonchev–Trinajstić information content (AvgIpc) is 2.75. The molecule has 3 rings (SSSR count). The van der Waals surface area contributed by atoms with Gasteiger partial charge in [-0.05, 0) is 55.5 Å². The number of carbonyl (C=O) groups is 2. The largest absolute Gasteiger partial charge is 0.368 e. The van der Waals surface area contributed by atoms with E-state index in [1.165, 1.54) is 4.31 Å². The molecule has 0 spiro atoms. The first-order chi connectivity index (χ1) is 14.7. The fraction of sp³-hybridized carbons (Fsp3) is 0.391. The van der Waals surface area contributed by atoms with Crippen molar-refractivity contribution in [2.45, 2.75) is 44.0 Å². The number of nitrogens with two attached hydrogens (primary N) is 1. The summed E-state index contributed by atoms with van der Waals surface area (Å²) in [5, 5.41) is 2.75. The molecule has 3 N–H and O–H groups in total. The molecule has 7 nitrogen and oxygen atoms in total. The van der Waals surface area contributed by atoms with E-state index in [1.807, 2.05) is 44.2 Å². The van der Waals surface area contributed by atoms with Crippen LogP contribution in [0.3, 0.4) is 0 Å². The van der Waals surface area contributed by atoms with Crippen LogP contribution in [0.2, 0.25) is 0 Å². The molecule has 1 fully saturated rings. The number of primary amides is 1. The van der Waals surface area contributed by atoms with Gasteiger partial charge in [-0.25, -0.2) is 8.42 Å². The summed E-state index contributed by atoms with van der Waals surface area (Å²) in [6.07, 6.45) is 1.11. The smallest absolute Gasteiger partial charge is 0.243 e. The van der Waals surface area contributed by atoms with Crippen LogP contribution in [0.15, 0.2) is 53.4 Å². The Hall–Kier alpha value is -2.71. The molecule has 0 radical (unpaired) electrons. The summed E-state index contributed by atoms with van der Waals surface area (Å²) >= 11 is 0. The van der Waals surface area contributed by atoms with Crippen molar-refractivity contribution >= 4 is 21.8 Å². The summed E-state index contributed by atoms with van der Waals surface area (Å²) in [6.45, 7) is 4.34. The molecule has 1 aliphatic heterocycles. The Kier molecular flexibility index (Phi) is 7.12. The van der Waals surface area contributed by atoms with E-state index in [9.17, 15) is 18.0 Å². The first kappa shape index (κ1) is 23.0. The van der Waals surface area contributed by atoms with Gasteiger partial charge in [0.25, 0.3) is 0 Å². The number of nitrogens with zero attached hydrogens (tertiary/aromatic N) is 1. The van der Waals surface area contributed by atoms with Crippen molar-refractivity contribution in [3.63, 3.8) is 0 Å². The molecule has 1 aliphatic rings. The van der Waals surface area contributed by atoms with Gasteiger partial charge >= 0.3 is 0 Å². The number of sulfonamides is 1. The lowest BCUT2D eigenvalue weighted by Gasteiger charge is -2.31. The topological polar surface area (TPSA) is 110 Å². The lowest BCUT2D eigenvalue weighted by atomic mass is 9.96. The zero-order valence-electron chi connectivity index (χ0n) is 17.9. The average molecular weight is 444 g/mol. The molecule has 2 aromatic carbocycles. The van der Waals surface area contributed by atoms with Crippen LogP contribution in [0.1, 0.15) is 29.5 Å². The Morgan fingerprint density at radius 2 is 1.71 bits per heavy atom. The molecule has 1 unspecified atom stereocenters. The number of hydrogen-bond donors (Lipinski definition) is 2. The van der Waals surface area contributed by atoms with Crippen molar-refractivity contribution in [1.82, 2.24) is 9.62 Å². The lowest BCUT2D eigenvalue weighted by molar-refractivity contribution is -0.130. The molecule has 2 aromatic rings. The molecule has 1 heterocycles. The molecule has 0 aliphatic carbocycles.